The quantitative estimate of drug-likeness (QED) is 0.771. The SMILES string of the molecule is CCN(CC)C(=O)C(Cl)c1ccc(C)c(Br)c1. The van der Waals surface area contributed by atoms with Gasteiger partial charge < -0.3 is 4.90 Å². The first-order chi connectivity index (χ1) is 8.01. The van der Waals surface area contributed by atoms with Crippen LogP contribution in [-0.2, 0) is 4.79 Å². The van der Waals surface area contributed by atoms with Crippen molar-refractivity contribution in [3.8, 4) is 0 Å². The van der Waals surface area contributed by atoms with Crippen LogP contribution in [0.2, 0.25) is 0 Å². The number of hydrogen-bond donors (Lipinski definition) is 0. The zero-order valence-electron chi connectivity index (χ0n) is 10.3. The minimum absolute atomic E-state index is 0.0348. The van der Waals surface area contributed by atoms with Crippen LogP contribution in [0.1, 0.15) is 30.4 Å². The summed E-state index contributed by atoms with van der Waals surface area (Å²) in [6.07, 6.45) is 0. The van der Waals surface area contributed by atoms with Gasteiger partial charge in [-0.25, -0.2) is 0 Å². The molecule has 1 rings (SSSR count). The number of likely N-dealkylation sites (N-methyl/N-ethyl adjacent to an activating group) is 1. The fourth-order valence-corrected chi connectivity index (χ4v) is 2.28. The lowest BCUT2D eigenvalue weighted by Gasteiger charge is -2.22. The number of halogens is 2. The van der Waals surface area contributed by atoms with E-state index in [9.17, 15) is 4.79 Å². The lowest BCUT2D eigenvalue weighted by Crippen LogP contribution is -2.33. The molecular formula is C13H17BrClNO. The molecule has 0 saturated carbocycles. The smallest absolute Gasteiger partial charge is 0.245 e. The first kappa shape index (κ1) is 14.5. The number of carbonyl (C=O) groups is 1. The van der Waals surface area contributed by atoms with Crippen LogP contribution in [0, 0.1) is 6.92 Å². The lowest BCUT2D eigenvalue weighted by atomic mass is 10.1. The Morgan fingerprint density at radius 1 is 1.41 bits per heavy atom. The van der Waals surface area contributed by atoms with Crippen LogP contribution in [0.3, 0.4) is 0 Å². The third kappa shape index (κ3) is 3.46. The largest absolute Gasteiger partial charge is 0.342 e. The summed E-state index contributed by atoms with van der Waals surface area (Å²) >= 11 is 9.67. The van der Waals surface area contributed by atoms with Crippen LogP contribution < -0.4 is 0 Å². The van der Waals surface area contributed by atoms with Crippen molar-refractivity contribution in [2.75, 3.05) is 13.1 Å². The Bertz CT molecular complexity index is 404. The molecule has 1 unspecified atom stereocenters. The highest BCUT2D eigenvalue weighted by Crippen LogP contribution is 2.27. The van der Waals surface area contributed by atoms with E-state index in [1.165, 1.54) is 0 Å². The van der Waals surface area contributed by atoms with Crippen molar-refractivity contribution in [3.05, 3.63) is 33.8 Å². The summed E-state index contributed by atoms with van der Waals surface area (Å²) in [5, 5.41) is -0.605. The van der Waals surface area contributed by atoms with Crippen molar-refractivity contribution < 1.29 is 4.79 Å². The van der Waals surface area contributed by atoms with E-state index in [0.29, 0.717) is 13.1 Å². The van der Waals surface area contributed by atoms with E-state index in [4.69, 9.17) is 11.6 Å². The van der Waals surface area contributed by atoms with Gasteiger partial charge in [-0.05, 0) is 38.0 Å². The summed E-state index contributed by atoms with van der Waals surface area (Å²) in [5.41, 5.74) is 1.97. The van der Waals surface area contributed by atoms with Gasteiger partial charge in [0.2, 0.25) is 5.91 Å². The fraction of sp³-hybridized carbons (Fsp3) is 0.462. The fourth-order valence-electron chi connectivity index (χ4n) is 1.60. The van der Waals surface area contributed by atoms with Crippen molar-refractivity contribution in [1.82, 2.24) is 4.90 Å². The zero-order chi connectivity index (χ0) is 13.0. The third-order valence-corrected chi connectivity index (χ3v) is 4.07. The second-order valence-corrected chi connectivity index (χ2v) is 5.17. The topological polar surface area (TPSA) is 20.3 Å². The number of amides is 1. The van der Waals surface area contributed by atoms with Gasteiger partial charge in [0.1, 0.15) is 5.38 Å². The molecule has 1 atom stereocenters. The highest BCUT2D eigenvalue weighted by molar-refractivity contribution is 9.10. The standard InChI is InChI=1S/C13H17BrClNO/c1-4-16(5-2)13(17)12(15)10-7-6-9(3)11(14)8-10/h6-8,12H,4-5H2,1-3H3. The summed E-state index contributed by atoms with van der Waals surface area (Å²) in [4.78, 5) is 13.8. The Balaban J connectivity index is 2.92. The molecule has 0 aromatic heterocycles. The molecule has 0 aliphatic heterocycles. The molecule has 1 aromatic rings. The summed E-state index contributed by atoms with van der Waals surface area (Å²) < 4.78 is 0.980. The van der Waals surface area contributed by atoms with Gasteiger partial charge in [0, 0.05) is 17.6 Å². The maximum atomic E-state index is 12.1. The molecular weight excluding hydrogens is 302 g/mol. The average Bonchev–Trinajstić information content (AvgIpc) is 2.33. The van der Waals surface area contributed by atoms with Gasteiger partial charge in [0.15, 0.2) is 0 Å². The van der Waals surface area contributed by atoms with E-state index in [-0.39, 0.29) is 5.91 Å². The normalized spacial score (nSPS) is 12.3. The van der Waals surface area contributed by atoms with Crippen molar-refractivity contribution >= 4 is 33.4 Å². The minimum Gasteiger partial charge on any atom is -0.342 e. The number of aryl methyl sites for hydroxylation is 1. The van der Waals surface area contributed by atoms with Gasteiger partial charge in [-0.3, -0.25) is 4.79 Å². The molecule has 2 nitrogen and oxygen atoms in total. The van der Waals surface area contributed by atoms with Crippen molar-refractivity contribution in [1.29, 1.82) is 0 Å². The predicted octanol–water partition coefficient (Wildman–Crippen LogP) is 3.91. The molecule has 0 bridgehead atoms. The first-order valence-electron chi connectivity index (χ1n) is 5.70. The average molecular weight is 319 g/mol. The van der Waals surface area contributed by atoms with E-state index >= 15 is 0 Å². The maximum Gasteiger partial charge on any atom is 0.245 e. The number of carbonyl (C=O) groups excluding carboxylic acids is 1. The minimum atomic E-state index is -0.605. The third-order valence-electron chi connectivity index (χ3n) is 2.78. The van der Waals surface area contributed by atoms with Gasteiger partial charge in [-0.2, -0.15) is 0 Å². The highest BCUT2D eigenvalue weighted by atomic mass is 79.9. The molecule has 4 heteroatoms. The van der Waals surface area contributed by atoms with Crippen LogP contribution in [0.4, 0.5) is 0 Å². The predicted molar refractivity (Wildman–Crippen MR) is 75.4 cm³/mol. The molecule has 0 fully saturated rings. The van der Waals surface area contributed by atoms with Crippen LogP contribution in [0.25, 0.3) is 0 Å². The van der Waals surface area contributed by atoms with E-state index in [2.05, 4.69) is 15.9 Å². The number of rotatable bonds is 4. The van der Waals surface area contributed by atoms with Crippen LogP contribution in [0.5, 0.6) is 0 Å². The maximum absolute atomic E-state index is 12.1. The van der Waals surface area contributed by atoms with Gasteiger partial charge in [0.05, 0.1) is 0 Å². The second-order valence-electron chi connectivity index (χ2n) is 3.88. The Labute approximate surface area is 116 Å². The van der Waals surface area contributed by atoms with Crippen LogP contribution >= 0.6 is 27.5 Å². The number of benzene rings is 1. The molecule has 0 saturated heterocycles. The molecule has 0 spiro atoms. The Morgan fingerprint density at radius 3 is 2.47 bits per heavy atom. The number of alkyl halides is 1. The molecule has 0 radical (unpaired) electrons. The molecule has 0 heterocycles. The summed E-state index contributed by atoms with van der Waals surface area (Å²) in [6.45, 7) is 7.28. The molecule has 0 aliphatic rings. The lowest BCUT2D eigenvalue weighted by molar-refractivity contribution is -0.130. The molecule has 0 aliphatic carbocycles. The zero-order valence-corrected chi connectivity index (χ0v) is 12.7. The molecule has 1 aromatic carbocycles. The van der Waals surface area contributed by atoms with Gasteiger partial charge in [-0.1, -0.05) is 28.1 Å². The summed E-state index contributed by atoms with van der Waals surface area (Å²) in [7, 11) is 0. The van der Waals surface area contributed by atoms with Crippen LogP contribution in [0.15, 0.2) is 22.7 Å². The van der Waals surface area contributed by atoms with Crippen molar-refractivity contribution in [3.63, 3.8) is 0 Å². The van der Waals surface area contributed by atoms with E-state index < -0.39 is 5.38 Å². The van der Waals surface area contributed by atoms with E-state index in [1.54, 1.807) is 4.90 Å². The number of hydrogen-bond acceptors (Lipinski definition) is 1. The molecule has 94 valence electrons. The van der Waals surface area contributed by atoms with Gasteiger partial charge in [-0.15, -0.1) is 11.6 Å². The van der Waals surface area contributed by atoms with Crippen molar-refractivity contribution in [2.45, 2.75) is 26.1 Å². The summed E-state index contributed by atoms with van der Waals surface area (Å²) in [5.74, 6) is -0.0348. The monoisotopic (exact) mass is 317 g/mol. The van der Waals surface area contributed by atoms with Gasteiger partial charge in [0.25, 0.3) is 0 Å². The Hall–Kier alpha value is -0.540. The van der Waals surface area contributed by atoms with Crippen LogP contribution in [-0.4, -0.2) is 23.9 Å². The van der Waals surface area contributed by atoms with E-state index in [1.807, 2.05) is 39.0 Å². The highest BCUT2D eigenvalue weighted by Gasteiger charge is 2.22. The first-order valence-corrected chi connectivity index (χ1v) is 6.93. The second kappa shape index (κ2) is 6.41. The summed E-state index contributed by atoms with van der Waals surface area (Å²) in [6, 6.07) is 5.78. The molecule has 0 N–H and O–H groups in total. The van der Waals surface area contributed by atoms with Gasteiger partial charge >= 0.3 is 0 Å². The number of nitrogens with zero attached hydrogens (tertiary/aromatic N) is 1. The molecule has 17 heavy (non-hydrogen) atoms. The molecule has 1 amide bonds. The Morgan fingerprint density at radius 2 is 2.00 bits per heavy atom. The Kier molecular flexibility index (Phi) is 5.47. The van der Waals surface area contributed by atoms with Crippen molar-refractivity contribution in [2.24, 2.45) is 0 Å². The van der Waals surface area contributed by atoms with E-state index in [0.717, 1.165) is 15.6 Å².